The standard InChI is InChI=1S/C12H15N/c1-2-4-11-9(3-1)5-6-10-7-13-8-12(10)11/h1-4,6,9,11-13H,5,7-8H2. The molecule has 0 aromatic rings. The van der Waals surface area contributed by atoms with Crippen LogP contribution in [-0.2, 0) is 0 Å². The van der Waals surface area contributed by atoms with Gasteiger partial charge in [0.1, 0.15) is 0 Å². The molecule has 1 heteroatoms. The fraction of sp³-hybridized carbons (Fsp3) is 0.500. The highest BCUT2D eigenvalue weighted by Crippen LogP contribution is 2.39. The zero-order valence-corrected chi connectivity index (χ0v) is 7.74. The van der Waals surface area contributed by atoms with Crippen LogP contribution in [0.2, 0.25) is 0 Å². The van der Waals surface area contributed by atoms with E-state index in [1.165, 1.54) is 13.0 Å². The Morgan fingerprint density at radius 3 is 3.15 bits per heavy atom. The van der Waals surface area contributed by atoms with Gasteiger partial charge in [-0.3, -0.25) is 0 Å². The van der Waals surface area contributed by atoms with Crippen LogP contribution in [0.1, 0.15) is 6.42 Å². The predicted octanol–water partition coefficient (Wildman–Crippen LogP) is 1.89. The monoisotopic (exact) mass is 173 g/mol. The van der Waals surface area contributed by atoms with E-state index in [1.807, 2.05) is 0 Å². The molecule has 68 valence electrons. The van der Waals surface area contributed by atoms with Gasteiger partial charge in [0.05, 0.1) is 0 Å². The first-order valence-electron chi connectivity index (χ1n) is 5.20. The van der Waals surface area contributed by atoms with Crippen LogP contribution in [0.25, 0.3) is 0 Å². The van der Waals surface area contributed by atoms with Crippen molar-refractivity contribution in [1.82, 2.24) is 5.32 Å². The SMILES string of the molecule is C1=CC2CC=C3CNCC3C2C=C1. The molecule has 3 rings (SSSR count). The largest absolute Gasteiger partial charge is 0.312 e. The minimum Gasteiger partial charge on any atom is -0.312 e. The van der Waals surface area contributed by atoms with Gasteiger partial charge in [-0.25, -0.2) is 0 Å². The zero-order chi connectivity index (χ0) is 8.67. The average Bonchev–Trinajstić information content (AvgIpc) is 2.65. The molecule has 0 aromatic heterocycles. The van der Waals surface area contributed by atoms with E-state index in [2.05, 4.69) is 35.7 Å². The van der Waals surface area contributed by atoms with E-state index in [0.29, 0.717) is 0 Å². The molecule has 0 radical (unpaired) electrons. The Kier molecular flexibility index (Phi) is 1.66. The van der Waals surface area contributed by atoms with Gasteiger partial charge in [-0.05, 0) is 18.3 Å². The van der Waals surface area contributed by atoms with Crippen LogP contribution >= 0.6 is 0 Å². The molecule has 0 bridgehead atoms. The van der Waals surface area contributed by atoms with Gasteiger partial charge in [0, 0.05) is 19.0 Å². The smallest absolute Gasteiger partial charge is 0.0168 e. The van der Waals surface area contributed by atoms with E-state index in [1.54, 1.807) is 5.57 Å². The van der Waals surface area contributed by atoms with E-state index < -0.39 is 0 Å². The van der Waals surface area contributed by atoms with Crippen LogP contribution in [0.3, 0.4) is 0 Å². The average molecular weight is 173 g/mol. The molecule has 0 amide bonds. The molecule has 3 aliphatic rings. The molecule has 3 unspecified atom stereocenters. The third-order valence-corrected chi connectivity index (χ3v) is 3.58. The van der Waals surface area contributed by atoms with Gasteiger partial charge in [-0.1, -0.05) is 36.0 Å². The Morgan fingerprint density at radius 1 is 1.23 bits per heavy atom. The summed E-state index contributed by atoms with van der Waals surface area (Å²) in [6.07, 6.45) is 12.9. The molecule has 1 saturated heterocycles. The molecule has 1 nitrogen and oxygen atoms in total. The first-order valence-corrected chi connectivity index (χ1v) is 5.20. The Hall–Kier alpha value is -0.820. The normalized spacial score (nSPS) is 41.2. The van der Waals surface area contributed by atoms with Crippen molar-refractivity contribution in [2.45, 2.75) is 6.42 Å². The van der Waals surface area contributed by atoms with Crippen molar-refractivity contribution in [3.05, 3.63) is 36.0 Å². The molecule has 3 atom stereocenters. The van der Waals surface area contributed by atoms with Crippen molar-refractivity contribution in [3.63, 3.8) is 0 Å². The number of hydrogen-bond donors (Lipinski definition) is 1. The lowest BCUT2D eigenvalue weighted by molar-refractivity contribution is 0.355. The number of fused-ring (bicyclic) bond motifs is 3. The Balaban J connectivity index is 1.95. The summed E-state index contributed by atoms with van der Waals surface area (Å²) in [6, 6.07) is 0. The number of allylic oxidation sites excluding steroid dienone is 5. The first kappa shape index (κ1) is 7.57. The maximum atomic E-state index is 3.47. The van der Waals surface area contributed by atoms with Gasteiger partial charge in [-0.2, -0.15) is 0 Å². The zero-order valence-electron chi connectivity index (χ0n) is 7.74. The quantitative estimate of drug-likeness (QED) is 0.552. The summed E-state index contributed by atoms with van der Waals surface area (Å²) in [7, 11) is 0. The second kappa shape index (κ2) is 2.85. The van der Waals surface area contributed by atoms with Crippen LogP contribution in [0.4, 0.5) is 0 Å². The van der Waals surface area contributed by atoms with Crippen LogP contribution in [0, 0.1) is 17.8 Å². The van der Waals surface area contributed by atoms with E-state index >= 15 is 0 Å². The second-order valence-corrected chi connectivity index (χ2v) is 4.26. The molecule has 1 heterocycles. The van der Waals surface area contributed by atoms with Crippen LogP contribution < -0.4 is 5.32 Å². The van der Waals surface area contributed by atoms with Crippen molar-refractivity contribution >= 4 is 0 Å². The number of hydrogen-bond acceptors (Lipinski definition) is 1. The first-order chi connectivity index (χ1) is 6.45. The van der Waals surface area contributed by atoms with Crippen molar-refractivity contribution in [2.24, 2.45) is 17.8 Å². The van der Waals surface area contributed by atoms with Crippen molar-refractivity contribution in [2.75, 3.05) is 13.1 Å². The summed E-state index contributed by atoms with van der Waals surface area (Å²) in [5.41, 5.74) is 1.65. The van der Waals surface area contributed by atoms with Gasteiger partial charge in [0.25, 0.3) is 0 Å². The summed E-state index contributed by atoms with van der Waals surface area (Å²) in [5, 5.41) is 3.47. The molecule has 1 fully saturated rings. The fourth-order valence-corrected chi connectivity index (χ4v) is 2.87. The highest BCUT2D eigenvalue weighted by molar-refractivity contribution is 5.27. The predicted molar refractivity (Wildman–Crippen MR) is 54.3 cm³/mol. The maximum Gasteiger partial charge on any atom is 0.0168 e. The Morgan fingerprint density at radius 2 is 2.15 bits per heavy atom. The van der Waals surface area contributed by atoms with E-state index in [-0.39, 0.29) is 0 Å². The summed E-state index contributed by atoms with van der Waals surface area (Å²) in [5.74, 6) is 2.35. The highest BCUT2D eigenvalue weighted by Gasteiger charge is 2.34. The van der Waals surface area contributed by atoms with E-state index in [9.17, 15) is 0 Å². The number of rotatable bonds is 0. The fourth-order valence-electron chi connectivity index (χ4n) is 2.87. The van der Waals surface area contributed by atoms with Gasteiger partial charge >= 0.3 is 0 Å². The molecule has 0 spiro atoms. The van der Waals surface area contributed by atoms with E-state index in [0.717, 1.165) is 24.3 Å². The Labute approximate surface area is 79.2 Å². The van der Waals surface area contributed by atoms with Gasteiger partial charge in [0.15, 0.2) is 0 Å². The van der Waals surface area contributed by atoms with E-state index in [4.69, 9.17) is 0 Å². The molecular formula is C12H15N. The molecule has 0 aromatic carbocycles. The molecule has 1 N–H and O–H groups in total. The minimum absolute atomic E-state index is 0.777. The van der Waals surface area contributed by atoms with Gasteiger partial charge in [0.2, 0.25) is 0 Å². The lowest BCUT2D eigenvalue weighted by Gasteiger charge is -2.33. The summed E-state index contributed by atoms with van der Waals surface area (Å²) in [6.45, 7) is 2.32. The maximum absolute atomic E-state index is 3.47. The third kappa shape index (κ3) is 1.11. The van der Waals surface area contributed by atoms with Crippen LogP contribution in [0.15, 0.2) is 36.0 Å². The molecule has 1 aliphatic heterocycles. The van der Waals surface area contributed by atoms with Crippen molar-refractivity contribution < 1.29 is 0 Å². The van der Waals surface area contributed by atoms with Crippen LogP contribution in [-0.4, -0.2) is 13.1 Å². The molecule has 0 saturated carbocycles. The van der Waals surface area contributed by atoms with Crippen molar-refractivity contribution in [3.8, 4) is 0 Å². The summed E-state index contributed by atoms with van der Waals surface area (Å²) in [4.78, 5) is 0. The number of nitrogens with one attached hydrogen (secondary N) is 1. The van der Waals surface area contributed by atoms with Crippen molar-refractivity contribution in [1.29, 1.82) is 0 Å². The lowest BCUT2D eigenvalue weighted by Crippen LogP contribution is -2.27. The summed E-state index contributed by atoms with van der Waals surface area (Å²) >= 11 is 0. The third-order valence-electron chi connectivity index (χ3n) is 3.58. The molecular weight excluding hydrogens is 158 g/mol. The Bertz CT molecular complexity index is 298. The second-order valence-electron chi connectivity index (χ2n) is 4.26. The minimum atomic E-state index is 0.777. The molecule has 2 aliphatic carbocycles. The van der Waals surface area contributed by atoms with Crippen LogP contribution in [0.5, 0.6) is 0 Å². The van der Waals surface area contributed by atoms with Gasteiger partial charge < -0.3 is 5.32 Å². The highest BCUT2D eigenvalue weighted by atomic mass is 14.9. The molecule has 13 heavy (non-hydrogen) atoms. The van der Waals surface area contributed by atoms with Gasteiger partial charge in [-0.15, -0.1) is 0 Å². The summed E-state index contributed by atoms with van der Waals surface area (Å²) < 4.78 is 0. The topological polar surface area (TPSA) is 12.0 Å². The lowest BCUT2D eigenvalue weighted by atomic mass is 9.71.